The number of nitrogens with one attached hydrogen (secondary N) is 1. The van der Waals surface area contributed by atoms with Crippen molar-refractivity contribution in [2.24, 2.45) is 0 Å². The van der Waals surface area contributed by atoms with E-state index in [4.69, 9.17) is 23.2 Å². The maximum absolute atomic E-state index is 11.6. The molecule has 2 heterocycles. The van der Waals surface area contributed by atoms with Gasteiger partial charge in [-0.05, 0) is 37.1 Å². The van der Waals surface area contributed by atoms with Gasteiger partial charge in [-0.15, -0.1) is 11.6 Å². The third-order valence-electron chi connectivity index (χ3n) is 4.01. The highest BCUT2D eigenvalue weighted by atomic mass is 35.5. The first-order valence-corrected chi connectivity index (χ1v) is 7.70. The standard InChI is InChI=1S/C15H16Cl2N2O/c16-9-15(20)19-5-3-10(4-6-19)14-8-11-7-12(17)1-2-13(11)18-14/h1-2,7-8,10,18H,3-6,9H2. The lowest BCUT2D eigenvalue weighted by Gasteiger charge is -2.31. The Hall–Kier alpha value is -1.19. The van der Waals surface area contributed by atoms with Crippen molar-refractivity contribution in [1.29, 1.82) is 0 Å². The van der Waals surface area contributed by atoms with Crippen LogP contribution in [0.1, 0.15) is 24.5 Å². The molecule has 0 radical (unpaired) electrons. The number of piperidine rings is 1. The Labute approximate surface area is 127 Å². The van der Waals surface area contributed by atoms with Crippen LogP contribution < -0.4 is 0 Å². The molecule has 1 fully saturated rings. The van der Waals surface area contributed by atoms with Crippen LogP contribution >= 0.6 is 23.2 Å². The Bertz CT molecular complexity index is 630. The molecule has 0 spiro atoms. The van der Waals surface area contributed by atoms with Crippen molar-refractivity contribution in [2.45, 2.75) is 18.8 Å². The molecule has 0 saturated carbocycles. The lowest BCUT2D eigenvalue weighted by molar-refractivity contribution is -0.129. The minimum atomic E-state index is 0.0357. The second-order valence-electron chi connectivity index (χ2n) is 5.24. The molecule has 0 atom stereocenters. The van der Waals surface area contributed by atoms with Crippen molar-refractivity contribution in [3.8, 4) is 0 Å². The van der Waals surface area contributed by atoms with E-state index >= 15 is 0 Å². The highest BCUT2D eigenvalue weighted by Gasteiger charge is 2.24. The van der Waals surface area contributed by atoms with Gasteiger partial charge in [0.2, 0.25) is 5.91 Å². The number of hydrogen-bond acceptors (Lipinski definition) is 1. The molecule has 3 nitrogen and oxygen atoms in total. The third kappa shape index (κ3) is 2.65. The lowest BCUT2D eigenvalue weighted by atomic mass is 9.93. The van der Waals surface area contributed by atoms with E-state index in [0.29, 0.717) is 5.92 Å². The van der Waals surface area contributed by atoms with E-state index in [0.717, 1.165) is 41.9 Å². The maximum atomic E-state index is 11.6. The number of carbonyl (C=O) groups is 1. The van der Waals surface area contributed by atoms with Crippen molar-refractivity contribution in [2.75, 3.05) is 19.0 Å². The third-order valence-corrected chi connectivity index (χ3v) is 4.47. The first-order chi connectivity index (χ1) is 9.67. The maximum Gasteiger partial charge on any atom is 0.237 e. The summed E-state index contributed by atoms with van der Waals surface area (Å²) >= 11 is 11.6. The molecule has 1 aromatic heterocycles. The molecular formula is C15H16Cl2N2O. The van der Waals surface area contributed by atoms with Crippen LogP contribution in [0.2, 0.25) is 5.02 Å². The lowest BCUT2D eigenvalue weighted by Crippen LogP contribution is -2.38. The second kappa shape index (κ2) is 5.66. The van der Waals surface area contributed by atoms with Crippen molar-refractivity contribution in [3.63, 3.8) is 0 Å². The molecule has 20 heavy (non-hydrogen) atoms. The monoisotopic (exact) mass is 310 g/mol. The van der Waals surface area contributed by atoms with Crippen LogP contribution in [0.15, 0.2) is 24.3 Å². The van der Waals surface area contributed by atoms with Gasteiger partial charge in [-0.2, -0.15) is 0 Å². The van der Waals surface area contributed by atoms with Gasteiger partial charge in [0, 0.05) is 40.6 Å². The van der Waals surface area contributed by atoms with Crippen LogP contribution in [0.3, 0.4) is 0 Å². The molecule has 106 valence electrons. The highest BCUT2D eigenvalue weighted by Crippen LogP contribution is 2.30. The van der Waals surface area contributed by atoms with E-state index in [2.05, 4.69) is 11.1 Å². The molecule has 1 amide bonds. The average molecular weight is 311 g/mol. The van der Waals surface area contributed by atoms with Gasteiger partial charge in [0.05, 0.1) is 0 Å². The molecule has 1 aromatic carbocycles. The van der Waals surface area contributed by atoms with Crippen molar-refractivity contribution in [1.82, 2.24) is 9.88 Å². The predicted molar refractivity (Wildman–Crippen MR) is 82.6 cm³/mol. The fourth-order valence-corrected chi connectivity index (χ4v) is 3.22. The summed E-state index contributed by atoms with van der Waals surface area (Å²) < 4.78 is 0. The number of H-pyrrole nitrogens is 1. The van der Waals surface area contributed by atoms with Gasteiger partial charge in [0.1, 0.15) is 5.88 Å². The molecule has 1 N–H and O–H groups in total. The number of carbonyl (C=O) groups excluding carboxylic acids is 1. The van der Waals surface area contributed by atoms with E-state index < -0.39 is 0 Å². The van der Waals surface area contributed by atoms with E-state index in [1.165, 1.54) is 5.69 Å². The molecule has 0 unspecified atom stereocenters. The fourth-order valence-electron chi connectivity index (χ4n) is 2.87. The van der Waals surface area contributed by atoms with Crippen molar-refractivity contribution in [3.05, 3.63) is 35.0 Å². The SMILES string of the molecule is O=C(CCl)N1CCC(c2cc3cc(Cl)ccc3[nH]2)CC1. The summed E-state index contributed by atoms with van der Waals surface area (Å²) in [6.07, 6.45) is 1.95. The summed E-state index contributed by atoms with van der Waals surface area (Å²) in [6.45, 7) is 1.57. The summed E-state index contributed by atoms with van der Waals surface area (Å²) in [5.74, 6) is 0.587. The number of hydrogen-bond donors (Lipinski definition) is 1. The van der Waals surface area contributed by atoms with Crippen LogP contribution in [-0.4, -0.2) is 34.8 Å². The van der Waals surface area contributed by atoms with Crippen LogP contribution in [-0.2, 0) is 4.79 Å². The number of benzene rings is 1. The number of fused-ring (bicyclic) bond motifs is 1. The van der Waals surface area contributed by atoms with E-state index in [1.807, 2.05) is 23.1 Å². The van der Waals surface area contributed by atoms with Gasteiger partial charge in [-0.3, -0.25) is 4.79 Å². The number of nitrogens with zero attached hydrogens (tertiary/aromatic N) is 1. The molecular weight excluding hydrogens is 295 g/mol. The van der Waals surface area contributed by atoms with Crippen molar-refractivity contribution >= 4 is 40.0 Å². The molecule has 1 aliphatic heterocycles. The first kappa shape index (κ1) is 13.8. The molecule has 0 aliphatic carbocycles. The summed E-state index contributed by atoms with van der Waals surface area (Å²) in [7, 11) is 0. The largest absolute Gasteiger partial charge is 0.358 e. The first-order valence-electron chi connectivity index (χ1n) is 6.79. The Morgan fingerprint density at radius 2 is 2.05 bits per heavy atom. The van der Waals surface area contributed by atoms with Gasteiger partial charge in [0.15, 0.2) is 0 Å². The normalized spacial score (nSPS) is 16.8. The Morgan fingerprint density at radius 1 is 1.30 bits per heavy atom. The highest BCUT2D eigenvalue weighted by molar-refractivity contribution is 6.31. The molecule has 5 heteroatoms. The smallest absolute Gasteiger partial charge is 0.237 e. The zero-order valence-corrected chi connectivity index (χ0v) is 12.5. The fraction of sp³-hybridized carbons (Fsp3) is 0.400. The predicted octanol–water partition coefficient (Wildman–Crippen LogP) is 3.77. The number of likely N-dealkylation sites (tertiary alicyclic amines) is 1. The summed E-state index contributed by atoms with van der Waals surface area (Å²) in [5, 5.41) is 1.90. The number of alkyl halides is 1. The Balaban J connectivity index is 1.75. The Morgan fingerprint density at radius 3 is 2.75 bits per heavy atom. The van der Waals surface area contributed by atoms with Crippen LogP contribution in [0.5, 0.6) is 0 Å². The number of halogens is 2. The van der Waals surface area contributed by atoms with Crippen LogP contribution in [0, 0.1) is 0 Å². The summed E-state index contributed by atoms with van der Waals surface area (Å²) in [4.78, 5) is 16.9. The molecule has 2 aromatic rings. The minimum Gasteiger partial charge on any atom is -0.358 e. The molecule has 3 rings (SSSR count). The minimum absolute atomic E-state index is 0.0357. The molecule has 1 saturated heterocycles. The van der Waals surface area contributed by atoms with E-state index in [1.54, 1.807) is 0 Å². The summed E-state index contributed by atoms with van der Waals surface area (Å²) in [5.41, 5.74) is 2.35. The Kier molecular flexibility index (Phi) is 3.90. The van der Waals surface area contributed by atoms with E-state index in [9.17, 15) is 4.79 Å². The van der Waals surface area contributed by atoms with Gasteiger partial charge in [-0.1, -0.05) is 11.6 Å². The molecule has 0 bridgehead atoms. The van der Waals surface area contributed by atoms with Crippen molar-refractivity contribution < 1.29 is 4.79 Å². The molecule has 1 aliphatic rings. The van der Waals surface area contributed by atoms with Gasteiger partial charge >= 0.3 is 0 Å². The van der Waals surface area contributed by atoms with Gasteiger partial charge in [-0.25, -0.2) is 0 Å². The second-order valence-corrected chi connectivity index (χ2v) is 5.95. The number of aromatic amines is 1. The number of amides is 1. The summed E-state index contributed by atoms with van der Waals surface area (Å²) in [6, 6.07) is 8.05. The van der Waals surface area contributed by atoms with Crippen LogP contribution in [0.4, 0.5) is 0 Å². The van der Waals surface area contributed by atoms with Gasteiger partial charge in [0.25, 0.3) is 0 Å². The number of rotatable bonds is 2. The zero-order chi connectivity index (χ0) is 14.1. The topological polar surface area (TPSA) is 36.1 Å². The van der Waals surface area contributed by atoms with Crippen LogP contribution in [0.25, 0.3) is 10.9 Å². The average Bonchev–Trinajstić information content (AvgIpc) is 2.89. The van der Waals surface area contributed by atoms with Gasteiger partial charge < -0.3 is 9.88 Å². The zero-order valence-electron chi connectivity index (χ0n) is 11.0. The number of aromatic nitrogens is 1. The van der Waals surface area contributed by atoms with E-state index in [-0.39, 0.29) is 11.8 Å². The quantitative estimate of drug-likeness (QED) is 0.842.